The first-order valence-electron chi connectivity index (χ1n) is 7.25. The van der Waals surface area contributed by atoms with Crippen molar-refractivity contribution >= 4 is 23.3 Å². The molecule has 0 bridgehead atoms. The minimum Gasteiger partial charge on any atom is -0.449 e. The van der Waals surface area contributed by atoms with Crippen LogP contribution in [-0.4, -0.2) is 23.8 Å². The number of carbonyl (C=O) groups excluding carboxylic acids is 3. The zero-order valence-corrected chi connectivity index (χ0v) is 13.2. The first-order chi connectivity index (χ1) is 11.4. The van der Waals surface area contributed by atoms with Crippen molar-refractivity contribution in [2.45, 2.75) is 20.0 Å². The summed E-state index contributed by atoms with van der Waals surface area (Å²) in [5.74, 6) is -1.86. The van der Waals surface area contributed by atoms with Crippen molar-refractivity contribution in [1.82, 2.24) is 0 Å². The van der Waals surface area contributed by atoms with E-state index in [-0.39, 0.29) is 11.3 Å². The van der Waals surface area contributed by atoms with Gasteiger partial charge in [0.2, 0.25) is 0 Å². The van der Waals surface area contributed by atoms with Gasteiger partial charge in [-0.2, -0.15) is 0 Å². The van der Waals surface area contributed by atoms with Gasteiger partial charge in [0.15, 0.2) is 11.9 Å². The molecule has 0 fully saturated rings. The minimum absolute atomic E-state index is 0.123. The second-order valence-corrected chi connectivity index (χ2v) is 5.18. The lowest BCUT2D eigenvalue weighted by atomic mass is 10.1. The molecule has 1 N–H and O–H groups in total. The van der Waals surface area contributed by atoms with Gasteiger partial charge in [0.25, 0.3) is 5.91 Å². The fraction of sp³-hybridized carbons (Fsp3) is 0.167. The van der Waals surface area contributed by atoms with E-state index in [0.29, 0.717) is 11.3 Å². The van der Waals surface area contributed by atoms with Gasteiger partial charge in [-0.05, 0) is 50.2 Å². The minimum atomic E-state index is -1.05. The van der Waals surface area contributed by atoms with Gasteiger partial charge in [-0.1, -0.05) is 12.1 Å². The highest BCUT2D eigenvalue weighted by Gasteiger charge is 2.19. The number of carbonyl (C=O) groups is 3. The molecular formula is C18H16FNO4. The predicted molar refractivity (Wildman–Crippen MR) is 86.4 cm³/mol. The molecule has 0 saturated carbocycles. The number of hydrogen-bond donors (Lipinski definition) is 1. The third kappa shape index (κ3) is 4.49. The molecular weight excluding hydrogens is 313 g/mol. The number of anilines is 1. The number of ketones is 1. The summed E-state index contributed by atoms with van der Waals surface area (Å²) < 4.78 is 17.9. The number of ether oxygens (including phenoxy) is 1. The van der Waals surface area contributed by atoms with Crippen molar-refractivity contribution in [2.24, 2.45) is 0 Å². The van der Waals surface area contributed by atoms with Crippen LogP contribution >= 0.6 is 0 Å². The van der Waals surface area contributed by atoms with Gasteiger partial charge in [-0.3, -0.25) is 9.59 Å². The van der Waals surface area contributed by atoms with Crippen LogP contribution < -0.4 is 5.32 Å². The quantitative estimate of drug-likeness (QED) is 0.675. The molecule has 0 aliphatic heterocycles. The van der Waals surface area contributed by atoms with Crippen molar-refractivity contribution in [3.63, 3.8) is 0 Å². The zero-order valence-electron chi connectivity index (χ0n) is 13.2. The first kappa shape index (κ1) is 17.3. The maximum atomic E-state index is 12.8. The summed E-state index contributed by atoms with van der Waals surface area (Å²) in [7, 11) is 0. The second kappa shape index (κ2) is 7.50. The number of hydrogen-bond acceptors (Lipinski definition) is 4. The lowest BCUT2D eigenvalue weighted by Crippen LogP contribution is -2.30. The van der Waals surface area contributed by atoms with Gasteiger partial charge < -0.3 is 10.1 Å². The monoisotopic (exact) mass is 329 g/mol. The summed E-state index contributed by atoms with van der Waals surface area (Å²) in [6.45, 7) is 2.85. The van der Waals surface area contributed by atoms with Gasteiger partial charge in [-0.25, -0.2) is 9.18 Å². The molecule has 0 aromatic heterocycles. The number of amides is 1. The van der Waals surface area contributed by atoms with Crippen LogP contribution in [0.15, 0.2) is 48.5 Å². The molecule has 0 radical (unpaired) electrons. The number of nitrogens with one attached hydrogen (secondary N) is 1. The highest BCUT2D eigenvalue weighted by molar-refractivity contribution is 5.99. The Labute approximate surface area is 138 Å². The Morgan fingerprint density at radius 2 is 1.71 bits per heavy atom. The Balaban J connectivity index is 1.99. The predicted octanol–water partition coefficient (Wildman–Crippen LogP) is 3.21. The van der Waals surface area contributed by atoms with Crippen LogP contribution in [0.25, 0.3) is 0 Å². The Morgan fingerprint density at radius 1 is 1.04 bits per heavy atom. The maximum absolute atomic E-state index is 12.8. The topological polar surface area (TPSA) is 72.5 Å². The number of benzene rings is 2. The van der Waals surface area contributed by atoms with E-state index in [4.69, 9.17) is 4.74 Å². The highest BCUT2D eigenvalue weighted by atomic mass is 19.1. The van der Waals surface area contributed by atoms with E-state index in [1.165, 1.54) is 32.0 Å². The van der Waals surface area contributed by atoms with Crippen molar-refractivity contribution in [2.75, 3.05) is 5.32 Å². The van der Waals surface area contributed by atoms with E-state index in [2.05, 4.69) is 5.32 Å². The summed E-state index contributed by atoms with van der Waals surface area (Å²) in [6.07, 6.45) is -1.05. The summed E-state index contributed by atoms with van der Waals surface area (Å²) in [6, 6.07) is 11.3. The molecule has 2 aromatic carbocycles. The zero-order chi connectivity index (χ0) is 17.7. The van der Waals surface area contributed by atoms with Gasteiger partial charge in [0.05, 0.1) is 5.56 Å². The SMILES string of the molecule is CC(=O)c1cccc(NC(=O)[C@H](C)OC(=O)c2ccc(F)cc2)c1. The van der Waals surface area contributed by atoms with E-state index >= 15 is 0 Å². The number of rotatable bonds is 5. The molecule has 5 nitrogen and oxygen atoms in total. The van der Waals surface area contributed by atoms with Crippen molar-refractivity contribution < 1.29 is 23.5 Å². The molecule has 124 valence electrons. The normalized spacial score (nSPS) is 11.5. The summed E-state index contributed by atoms with van der Waals surface area (Å²) in [4.78, 5) is 35.3. The van der Waals surface area contributed by atoms with E-state index in [9.17, 15) is 18.8 Å². The van der Waals surface area contributed by atoms with Crippen LogP contribution in [0.1, 0.15) is 34.6 Å². The fourth-order valence-electron chi connectivity index (χ4n) is 1.93. The summed E-state index contributed by atoms with van der Waals surface area (Å²) in [5.41, 5.74) is 1.04. The Bertz CT molecular complexity index is 771. The van der Waals surface area contributed by atoms with Crippen LogP contribution in [0.4, 0.5) is 10.1 Å². The van der Waals surface area contributed by atoms with E-state index in [0.717, 1.165) is 12.1 Å². The van der Waals surface area contributed by atoms with E-state index in [1.807, 2.05) is 0 Å². The molecule has 0 spiro atoms. The van der Waals surface area contributed by atoms with Crippen LogP contribution in [0, 0.1) is 5.82 Å². The molecule has 2 aromatic rings. The summed E-state index contributed by atoms with van der Waals surface area (Å²) in [5, 5.41) is 2.57. The Kier molecular flexibility index (Phi) is 5.42. The molecule has 0 aliphatic carbocycles. The molecule has 24 heavy (non-hydrogen) atoms. The molecule has 2 rings (SSSR count). The standard InChI is InChI=1S/C18H16FNO4/c1-11(21)14-4-3-5-16(10-14)20-17(22)12(2)24-18(23)13-6-8-15(19)9-7-13/h3-10,12H,1-2H3,(H,20,22)/t12-/m0/s1. The Hall–Kier alpha value is -3.02. The van der Waals surface area contributed by atoms with Gasteiger partial charge in [0, 0.05) is 11.3 Å². The van der Waals surface area contributed by atoms with E-state index < -0.39 is 23.8 Å². The lowest BCUT2D eigenvalue weighted by Gasteiger charge is -2.14. The largest absolute Gasteiger partial charge is 0.449 e. The van der Waals surface area contributed by atoms with Gasteiger partial charge in [0.1, 0.15) is 5.82 Å². The molecule has 1 amide bonds. The van der Waals surface area contributed by atoms with Crippen molar-refractivity contribution in [1.29, 1.82) is 0 Å². The van der Waals surface area contributed by atoms with Crippen LogP contribution in [0.3, 0.4) is 0 Å². The van der Waals surface area contributed by atoms with Crippen LogP contribution in [0.5, 0.6) is 0 Å². The van der Waals surface area contributed by atoms with Crippen molar-refractivity contribution in [3.8, 4) is 0 Å². The fourth-order valence-corrected chi connectivity index (χ4v) is 1.93. The first-order valence-corrected chi connectivity index (χ1v) is 7.25. The number of esters is 1. The lowest BCUT2D eigenvalue weighted by molar-refractivity contribution is -0.123. The van der Waals surface area contributed by atoms with Gasteiger partial charge >= 0.3 is 5.97 Å². The maximum Gasteiger partial charge on any atom is 0.338 e. The molecule has 0 unspecified atom stereocenters. The molecule has 0 saturated heterocycles. The number of Topliss-reactive ketones (excluding diaryl/α,β-unsaturated/α-hetero) is 1. The van der Waals surface area contributed by atoms with E-state index in [1.54, 1.807) is 18.2 Å². The molecule has 0 heterocycles. The molecule has 1 atom stereocenters. The molecule has 6 heteroatoms. The van der Waals surface area contributed by atoms with Gasteiger partial charge in [-0.15, -0.1) is 0 Å². The smallest absolute Gasteiger partial charge is 0.338 e. The highest BCUT2D eigenvalue weighted by Crippen LogP contribution is 2.13. The van der Waals surface area contributed by atoms with Crippen LogP contribution in [0.2, 0.25) is 0 Å². The second-order valence-electron chi connectivity index (χ2n) is 5.18. The van der Waals surface area contributed by atoms with Crippen molar-refractivity contribution in [3.05, 3.63) is 65.5 Å². The third-order valence-corrected chi connectivity index (χ3v) is 3.27. The molecule has 0 aliphatic rings. The van der Waals surface area contributed by atoms with Crippen LogP contribution in [-0.2, 0) is 9.53 Å². The average molecular weight is 329 g/mol. The Morgan fingerprint density at radius 3 is 2.33 bits per heavy atom. The average Bonchev–Trinajstić information content (AvgIpc) is 2.55. The summed E-state index contributed by atoms with van der Waals surface area (Å²) >= 11 is 0. The third-order valence-electron chi connectivity index (χ3n) is 3.27. The number of halogens is 1.